The zero-order chi connectivity index (χ0) is 17.3. The Labute approximate surface area is 158 Å². The molecule has 2 fully saturated rings. The number of nitrogens with one attached hydrogen (secondary N) is 1. The van der Waals surface area contributed by atoms with Crippen molar-refractivity contribution < 1.29 is 14.1 Å². The number of hydrogen-bond donors (Lipinski definition) is 2. The fourth-order valence-electron chi connectivity index (χ4n) is 3.09. The number of rotatable bonds is 6. The lowest BCUT2D eigenvalue weighted by atomic mass is 9.98. The summed E-state index contributed by atoms with van der Waals surface area (Å²) in [6.45, 7) is 0.258. The van der Waals surface area contributed by atoms with E-state index in [0.29, 0.717) is 29.1 Å². The van der Waals surface area contributed by atoms with Crippen molar-refractivity contribution in [1.82, 2.24) is 10.1 Å². The third-order valence-corrected chi connectivity index (χ3v) is 4.84. The van der Waals surface area contributed by atoms with Crippen LogP contribution in [-0.4, -0.2) is 21.6 Å². The molecule has 140 valence electrons. The number of carbonyl (C=O) groups excluding carboxylic acids is 1. The van der Waals surface area contributed by atoms with Crippen LogP contribution in [0, 0.1) is 0 Å². The first-order valence-corrected chi connectivity index (χ1v) is 8.78. The van der Waals surface area contributed by atoms with E-state index in [4.69, 9.17) is 15.0 Å². The molecule has 7 nitrogen and oxygen atoms in total. The van der Waals surface area contributed by atoms with Crippen LogP contribution < -0.4 is 15.8 Å². The van der Waals surface area contributed by atoms with Gasteiger partial charge in [-0.25, -0.2) is 0 Å². The predicted octanol–water partition coefficient (Wildman–Crippen LogP) is 3.16. The molecule has 0 radical (unpaired) electrons. The molecule has 0 spiro atoms. The Bertz CT molecular complexity index is 752. The third kappa shape index (κ3) is 4.16. The summed E-state index contributed by atoms with van der Waals surface area (Å²) in [7, 11) is 0. The first kappa shape index (κ1) is 18.7. The first-order chi connectivity index (χ1) is 12.1. The van der Waals surface area contributed by atoms with Crippen LogP contribution >= 0.6 is 12.4 Å². The maximum atomic E-state index is 12.3. The molecule has 0 unspecified atom stereocenters. The van der Waals surface area contributed by atoms with E-state index in [0.717, 1.165) is 38.5 Å². The zero-order valence-corrected chi connectivity index (χ0v) is 15.3. The molecular formula is C18H23ClN4O3. The summed E-state index contributed by atoms with van der Waals surface area (Å²) in [6, 6.07) is 7.21. The summed E-state index contributed by atoms with van der Waals surface area (Å²) in [4.78, 5) is 16.6. The van der Waals surface area contributed by atoms with E-state index < -0.39 is 5.54 Å². The smallest absolute Gasteiger partial charge is 0.244 e. The Kier molecular flexibility index (Phi) is 5.48. The molecule has 4 rings (SSSR count). The third-order valence-electron chi connectivity index (χ3n) is 4.84. The Morgan fingerprint density at radius 2 is 1.96 bits per heavy atom. The van der Waals surface area contributed by atoms with E-state index in [1.807, 2.05) is 0 Å². The first-order valence-electron chi connectivity index (χ1n) is 8.78. The molecule has 3 N–H and O–H groups in total. The topological polar surface area (TPSA) is 103 Å². The van der Waals surface area contributed by atoms with E-state index in [9.17, 15) is 4.79 Å². The second-order valence-electron chi connectivity index (χ2n) is 6.95. The highest BCUT2D eigenvalue weighted by atomic mass is 35.5. The molecule has 1 amide bonds. The van der Waals surface area contributed by atoms with Crippen molar-refractivity contribution in [3.8, 4) is 5.75 Å². The molecule has 8 heteroatoms. The van der Waals surface area contributed by atoms with Gasteiger partial charge in [0.1, 0.15) is 5.75 Å². The van der Waals surface area contributed by atoms with Crippen LogP contribution in [0.2, 0.25) is 0 Å². The lowest BCUT2D eigenvalue weighted by Gasteiger charge is -2.22. The molecule has 2 aromatic rings. The highest BCUT2D eigenvalue weighted by Crippen LogP contribution is 2.38. The minimum atomic E-state index is -0.729. The van der Waals surface area contributed by atoms with Crippen molar-refractivity contribution in [1.29, 1.82) is 0 Å². The Hall–Kier alpha value is -2.12. The summed E-state index contributed by atoms with van der Waals surface area (Å²) in [6.07, 6.45) is 5.76. The standard InChI is InChI=1S/C18H22N4O3.ClH/c19-18(9-1-2-10-18)17(23)20-13-5-7-14(8-6-13)24-11-15-21-16(25-22-15)12-3-4-12;/h5-8,12H,1-4,9-11,19H2,(H,20,23);1H. The lowest BCUT2D eigenvalue weighted by molar-refractivity contribution is -0.121. The Morgan fingerprint density at radius 1 is 1.27 bits per heavy atom. The maximum Gasteiger partial charge on any atom is 0.244 e. The van der Waals surface area contributed by atoms with Crippen LogP contribution in [0.25, 0.3) is 0 Å². The summed E-state index contributed by atoms with van der Waals surface area (Å²) in [5.74, 6) is 2.26. The number of ether oxygens (including phenoxy) is 1. The maximum absolute atomic E-state index is 12.3. The summed E-state index contributed by atoms with van der Waals surface area (Å²) < 4.78 is 10.9. The highest BCUT2D eigenvalue weighted by molar-refractivity contribution is 5.98. The second-order valence-corrected chi connectivity index (χ2v) is 6.95. The minimum Gasteiger partial charge on any atom is -0.485 e. The Morgan fingerprint density at radius 3 is 2.62 bits per heavy atom. The molecule has 1 heterocycles. The van der Waals surface area contributed by atoms with Gasteiger partial charge in [0.15, 0.2) is 6.61 Å². The monoisotopic (exact) mass is 378 g/mol. The van der Waals surface area contributed by atoms with Crippen molar-refractivity contribution in [3.05, 3.63) is 36.0 Å². The van der Waals surface area contributed by atoms with Gasteiger partial charge < -0.3 is 20.3 Å². The van der Waals surface area contributed by atoms with Gasteiger partial charge in [0.05, 0.1) is 5.54 Å². The molecule has 2 saturated carbocycles. The molecule has 0 aliphatic heterocycles. The van der Waals surface area contributed by atoms with Gasteiger partial charge in [-0.2, -0.15) is 4.98 Å². The van der Waals surface area contributed by atoms with Gasteiger partial charge in [-0.1, -0.05) is 18.0 Å². The molecule has 0 bridgehead atoms. The normalized spacial score (nSPS) is 18.2. The van der Waals surface area contributed by atoms with Crippen molar-refractivity contribution in [2.75, 3.05) is 5.32 Å². The van der Waals surface area contributed by atoms with E-state index in [1.54, 1.807) is 24.3 Å². The van der Waals surface area contributed by atoms with Crippen LogP contribution in [0.3, 0.4) is 0 Å². The quantitative estimate of drug-likeness (QED) is 0.800. The van der Waals surface area contributed by atoms with Crippen molar-refractivity contribution in [2.24, 2.45) is 5.73 Å². The fourth-order valence-corrected chi connectivity index (χ4v) is 3.09. The van der Waals surface area contributed by atoms with Crippen LogP contribution in [0.15, 0.2) is 28.8 Å². The average Bonchev–Trinajstić information content (AvgIpc) is 3.19. The number of anilines is 1. The van der Waals surface area contributed by atoms with Gasteiger partial charge in [0, 0.05) is 11.6 Å². The van der Waals surface area contributed by atoms with Gasteiger partial charge in [0.2, 0.25) is 17.6 Å². The zero-order valence-electron chi connectivity index (χ0n) is 14.4. The average molecular weight is 379 g/mol. The number of benzene rings is 1. The van der Waals surface area contributed by atoms with Gasteiger partial charge in [-0.05, 0) is 49.9 Å². The van der Waals surface area contributed by atoms with E-state index in [2.05, 4.69) is 15.5 Å². The van der Waals surface area contributed by atoms with Crippen LogP contribution in [0.5, 0.6) is 5.75 Å². The minimum absolute atomic E-state index is 0. The number of nitrogens with zero attached hydrogens (tertiary/aromatic N) is 2. The molecule has 2 aliphatic rings. The van der Waals surface area contributed by atoms with Gasteiger partial charge in [-0.15, -0.1) is 12.4 Å². The van der Waals surface area contributed by atoms with Gasteiger partial charge in [0.25, 0.3) is 0 Å². The summed E-state index contributed by atoms with van der Waals surface area (Å²) >= 11 is 0. The fraction of sp³-hybridized carbons (Fsp3) is 0.500. The van der Waals surface area contributed by atoms with Crippen molar-refractivity contribution in [2.45, 2.75) is 56.6 Å². The molecule has 26 heavy (non-hydrogen) atoms. The highest BCUT2D eigenvalue weighted by Gasteiger charge is 2.36. The number of halogens is 1. The number of carbonyl (C=O) groups is 1. The lowest BCUT2D eigenvalue weighted by Crippen LogP contribution is -2.48. The molecule has 0 atom stereocenters. The van der Waals surface area contributed by atoms with Crippen LogP contribution in [-0.2, 0) is 11.4 Å². The van der Waals surface area contributed by atoms with Gasteiger partial charge >= 0.3 is 0 Å². The van der Waals surface area contributed by atoms with E-state index in [-0.39, 0.29) is 24.9 Å². The summed E-state index contributed by atoms with van der Waals surface area (Å²) in [5, 5.41) is 6.81. The number of amides is 1. The van der Waals surface area contributed by atoms with Crippen LogP contribution in [0.4, 0.5) is 5.69 Å². The molecule has 2 aliphatic carbocycles. The molecule has 1 aromatic carbocycles. The summed E-state index contributed by atoms with van der Waals surface area (Å²) in [5.41, 5.74) is 6.14. The van der Waals surface area contributed by atoms with Crippen molar-refractivity contribution in [3.63, 3.8) is 0 Å². The largest absolute Gasteiger partial charge is 0.485 e. The SMILES string of the molecule is Cl.NC1(C(=O)Nc2ccc(OCc3noc(C4CC4)n3)cc2)CCCC1. The Balaban J connectivity index is 0.00000196. The number of hydrogen-bond acceptors (Lipinski definition) is 6. The molecule has 0 saturated heterocycles. The number of aromatic nitrogens is 2. The van der Waals surface area contributed by atoms with E-state index in [1.165, 1.54) is 0 Å². The second kappa shape index (κ2) is 7.63. The van der Waals surface area contributed by atoms with Gasteiger partial charge in [-0.3, -0.25) is 4.79 Å². The molecule has 1 aromatic heterocycles. The van der Waals surface area contributed by atoms with Crippen LogP contribution in [0.1, 0.15) is 56.2 Å². The van der Waals surface area contributed by atoms with E-state index >= 15 is 0 Å². The number of nitrogens with two attached hydrogens (primary N) is 1. The van der Waals surface area contributed by atoms with Crippen molar-refractivity contribution >= 4 is 24.0 Å². The molecular weight excluding hydrogens is 356 g/mol. The predicted molar refractivity (Wildman–Crippen MR) is 98.3 cm³/mol.